The molecule has 0 radical (unpaired) electrons. The van der Waals surface area contributed by atoms with E-state index in [-0.39, 0.29) is 0 Å². The molecule has 6 nitrogen and oxygen atoms in total. The molecule has 3 rings (SSSR count). The lowest BCUT2D eigenvalue weighted by atomic mass is 10.2. The van der Waals surface area contributed by atoms with Crippen LogP contribution < -0.4 is 14.4 Å². The van der Waals surface area contributed by atoms with Crippen LogP contribution in [0.5, 0.6) is 11.5 Å². The van der Waals surface area contributed by atoms with E-state index < -0.39 is 10.8 Å². The van der Waals surface area contributed by atoms with Gasteiger partial charge in [-0.3, -0.25) is 4.21 Å². The van der Waals surface area contributed by atoms with Crippen LogP contribution in [-0.2, 0) is 23.6 Å². The number of hydrogen-bond donors (Lipinski definition) is 0. The summed E-state index contributed by atoms with van der Waals surface area (Å²) in [6.07, 6.45) is 0. The summed E-state index contributed by atoms with van der Waals surface area (Å²) in [4.78, 5) is 6.96. The molecule has 162 valence electrons. The lowest BCUT2D eigenvalue weighted by Gasteiger charge is -2.24. The van der Waals surface area contributed by atoms with E-state index in [1.165, 1.54) is 0 Å². The average molecular weight is 430 g/mol. The number of aromatic nitrogens is 2. The molecule has 0 bridgehead atoms. The number of aryl methyl sites for hydroxylation is 1. The molecule has 0 amide bonds. The normalized spacial score (nSPS) is 12.2. The van der Waals surface area contributed by atoms with Gasteiger partial charge in [-0.05, 0) is 39.3 Å². The highest BCUT2D eigenvalue weighted by atomic mass is 32.2. The Balaban J connectivity index is 1.97. The molecule has 7 heteroatoms. The average Bonchev–Trinajstić information content (AvgIpc) is 3.06. The first-order valence-electron chi connectivity index (χ1n) is 10.5. The Bertz CT molecular complexity index is 1030. The number of benzene rings is 2. The molecule has 0 aliphatic carbocycles. The Morgan fingerprint density at radius 3 is 2.27 bits per heavy atom. The van der Waals surface area contributed by atoms with Crippen molar-refractivity contribution in [1.82, 2.24) is 9.55 Å². The summed E-state index contributed by atoms with van der Waals surface area (Å²) < 4.78 is 26.7. The monoisotopic (exact) mass is 429 g/mol. The van der Waals surface area contributed by atoms with Crippen LogP contribution in [0.25, 0.3) is 11.0 Å². The first kappa shape index (κ1) is 22.2. The summed E-state index contributed by atoms with van der Waals surface area (Å²) in [5.74, 6) is 1.76. The molecule has 0 spiro atoms. The number of ether oxygens (including phenoxy) is 2. The van der Waals surface area contributed by atoms with Crippen LogP contribution in [0.2, 0.25) is 0 Å². The molecule has 0 aliphatic rings. The van der Waals surface area contributed by atoms with Crippen LogP contribution in [0.15, 0.2) is 41.6 Å². The molecule has 30 heavy (non-hydrogen) atoms. The van der Waals surface area contributed by atoms with Crippen LogP contribution in [0.3, 0.4) is 0 Å². The fourth-order valence-corrected chi connectivity index (χ4v) is 4.89. The molecule has 0 saturated carbocycles. The summed E-state index contributed by atoms with van der Waals surface area (Å²) in [7, 11) is 0.611. The molecule has 1 unspecified atom stereocenters. The van der Waals surface area contributed by atoms with Crippen molar-refractivity contribution in [2.75, 3.05) is 31.2 Å². The maximum absolute atomic E-state index is 13.3. The highest BCUT2D eigenvalue weighted by Crippen LogP contribution is 2.33. The Hall–Kier alpha value is -2.54. The van der Waals surface area contributed by atoms with Crippen LogP contribution >= 0.6 is 0 Å². The Kier molecular flexibility index (Phi) is 7.37. The molecule has 0 aliphatic heterocycles. The van der Waals surface area contributed by atoms with Gasteiger partial charge in [-0.1, -0.05) is 18.2 Å². The van der Waals surface area contributed by atoms with E-state index in [0.29, 0.717) is 35.6 Å². The minimum absolute atomic E-state index is 0.417. The smallest absolute Gasteiger partial charge is 0.200 e. The predicted octanol–water partition coefficient (Wildman–Crippen LogP) is 4.52. The number of fused-ring (bicyclic) bond motifs is 1. The van der Waals surface area contributed by atoms with Gasteiger partial charge in [0.25, 0.3) is 0 Å². The van der Waals surface area contributed by atoms with Crippen molar-refractivity contribution in [2.45, 2.75) is 38.6 Å². The summed E-state index contributed by atoms with van der Waals surface area (Å²) >= 11 is 0. The maximum Gasteiger partial charge on any atom is 0.200 e. The predicted molar refractivity (Wildman–Crippen MR) is 123 cm³/mol. The molecule has 1 aromatic heterocycles. The third-order valence-electron chi connectivity index (χ3n) is 5.09. The van der Waals surface area contributed by atoms with Crippen molar-refractivity contribution in [1.29, 1.82) is 0 Å². The lowest BCUT2D eigenvalue weighted by Crippen LogP contribution is -2.23. The molecule has 1 atom stereocenters. The van der Waals surface area contributed by atoms with Crippen molar-refractivity contribution in [2.24, 2.45) is 7.05 Å². The highest BCUT2D eigenvalue weighted by Gasteiger charge is 2.19. The van der Waals surface area contributed by atoms with Crippen molar-refractivity contribution in [3.8, 4) is 11.5 Å². The zero-order valence-electron chi connectivity index (χ0n) is 18.5. The van der Waals surface area contributed by atoms with E-state index >= 15 is 0 Å². The molecule has 2 aromatic carbocycles. The fraction of sp³-hybridized carbons (Fsp3) is 0.435. The fourth-order valence-electron chi connectivity index (χ4n) is 3.63. The van der Waals surface area contributed by atoms with Gasteiger partial charge in [0, 0.05) is 38.0 Å². The van der Waals surface area contributed by atoms with Gasteiger partial charge in [0.2, 0.25) is 0 Å². The standard InChI is InChI=1S/C23H31N3O3S/c1-6-26(7-2)19-13-11-10-12-17(19)16-30(27)23-24-18-14-21(28-8-3)22(29-9-4)15-20(18)25(23)5/h10-15H,6-9,16H2,1-5H3. The summed E-state index contributed by atoms with van der Waals surface area (Å²) in [6.45, 7) is 11.1. The van der Waals surface area contributed by atoms with E-state index in [1.807, 2.05) is 49.7 Å². The number of imidazole rings is 1. The maximum atomic E-state index is 13.3. The third kappa shape index (κ3) is 4.46. The second-order valence-corrected chi connectivity index (χ2v) is 8.24. The van der Waals surface area contributed by atoms with Crippen LogP contribution in [0.1, 0.15) is 33.3 Å². The second-order valence-electron chi connectivity index (χ2n) is 6.90. The number of rotatable bonds is 10. The highest BCUT2D eigenvalue weighted by molar-refractivity contribution is 7.84. The topological polar surface area (TPSA) is 56.6 Å². The van der Waals surface area contributed by atoms with Crippen molar-refractivity contribution < 1.29 is 13.7 Å². The summed E-state index contributed by atoms with van der Waals surface area (Å²) in [5.41, 5.74) is 3.83. The van der Waals surface area contributed by atoms with Gasteiger partial charge < -0.3 is 18.9 Å². The zero-order valence-corrected chi connectivity index (χ0v) is 19.3. The second kappa shape index (κ2) is 9.98. The van der Waals surface area contributed by atoms with Crippen molar-refractivity contribution in [3.63, 3.8) is 0 Å². The number of anilines is 1. The van der Waals surface area contributed by atoms with Crippen LogP contribution in [0, 0.1) is 0 Å². The van der Waals surface area contributed by atoms with Gasteiger partial charge >= 0.3 is 0 Å². The summed E-state index contributed by atoms with van der Waals surface area (Å²) in [6, 6.07) is 12.0. The van der Waals surface area contributed by atoms with Gasteiger partial charge in [0.1, 0.15) is 0 Å². The van der Waals surface area contributed by atoms with E-state index in [1.54, 1.807) is 0 Å². The molecule has 0 saturated heterocycles. The Labute approximate surface area is 181 Å². The molecule has 0 N–H and O–H groups in total. The van der Waals surface area contributed by atoms with E-state index in [2.05, 4.69) is 35.9 Å². The Morgan fingerprint density at radius 2 is 1.63 bits per heavy atom. The number of nitrogens with zero attached hydrogens (tertiary/aromatic N) is 3. The van der Waals surface area contributed by atoms with Gasteiger partial charge in [0.05, 0.1) is 40.8 Å². The zero-order chi connectivity index (χ0) is 21.7. The van der Waals surface area contributed by atoms with Crippen LogP contribution in [-0.4, -0.2) is 40.1 Å². The molecule has 3 aromatic rings. The third-order valence-corrected chi connectivity index (χ3v) is 6.44. The van der Waals surface area contributed by atoms with E-state index in [4.69, 9.17) is 9.47 Å². The number of para-hydroxylation sites is 1. The van der Waals surface area contributed by atoms with Gasteiger partial charge in [-0.25, -0.2) is 4.98 Å². The molecule has 1 heterocycles. The van der Waals surface area contributed by atoms with Gasteiger partial charge in [-0.2, -0.15) is 0 Å². The Morgan fingerprint density at radius 1 is 1.00 bits per heavy atom. The van der Waals surface area contributed by atoms with E-state index in [9.17, 15) is 4.21 Å². The van der Waals surface area contributed by atoms with E-state index in [0.717, 1.165) is 35.4 Å². The first-order chi connectivity index (χ1) is 14.5. The molecular weight excluding hydrogens is 398 g/mol. The number of hydrogen-bond acceptors (Lipinski definition) is 5. The van der Waals surface area contributed by atoms with Crippen molar-refractivity contribution >= 4 is 27.5 Å². The first-order valence-corrected chi connectivity index (χ1v) is 11.8. The SMILES string of the molecule is CCOc1cc2nc(S(=O)Cc3ccccc3N(CC)CC)n(C)c2cc1OCC. The van der Waals surface area contributed by atoms with Gasteiger partial charge in [0.15, 0.2) is 16.7 Å². The minimum atomic E-state index is -1.29. The van der Waals surface area contributed by atoms with Crippen molar-refractivity contribution in [3.05, 3.63) is 42.0 Å². The molecule has 0 fully saturated rings. The largest absolute Gasteiger partial charge is 0.490 e. The quantitative estimate of drug-likeness (QED) is 0.474. The van der Waals surface area contributed by atoms with Crippen LogP contribution in [0.4, 0.5) is 5.69 Å². The molecular formula is C23H31N3O3S. The van der Waals surface area contributed by atoms with Gasteiger partial charge in [-0.15, -0.1) is 0 Å². The minimum Gasteiger partial charge on any atom is -0.490 e. The summed E-state index contributed by atoms with van der Waals surface area (Å²) in [5, 5.41) is 0.551. The lowest BCUT2D eigenvalue weighted by molar-refractivity contribution is 0.288.